The summed E-state index contributed by atoms with van der Waals surface area (Å²) in [5.41, 5.74) is -6.60. The minimum atomic E-state index is -5.16. The molecule has 3 rings (SSSR count). The molecule has 2 amide bonds. The molecule has 15 heteroatoms. The molecule has 0 aliphatic carbocycles. The first kappa shape index (κ1) is 32.9. The minimum absolute atomic E-state index is 0.0638. The molecule has 0 bridgehead atoms. The molecule has 0 saturated carbocycles. The summed E-state index contributed by atoms with van der Waals surface area (Å²) in [6.07, 6.45) is -17.5. The van der Waals surface area contributed by atoms with Crippen LogP contribution in [0.1, 0.15) is 60.9 Å². The van der Waals surface area contributed by atoms with Crippen LogP contribution in [0.15, 0.2) is 36.4 Å². The predicted molar refractivity (Wildman–Crippen MR) is 131 cm³/mol. The number of carbonyl (C=O) groups excluding carboxylic acids is 2. The van der Waals surface area contributed by atoms with Crippen molar-refractivity contribution in [3.63, 3.8) is 0 Å². The van der Waals surface area contributed by atoms with Gasteiger partial charge in [0.25, 0.3) is 0 Å². The fraction of sp³-hybridized carbons (Fsp3) is 0.481. The molecule has 1 aliphatic rings. The van der Waals surface area contributed by atoms with Gasteiger partial charge in [-0.1, -0.05) is 13.8 Å². The number of halogens is 9. The van der Waals surface area contributed by atoms with Gasteiger partial charge < -0.3 is 9.47 Å². The van der Waals surface area contributed by atoms with Crippen LogP contribution in [0.5, 0.6) is 0 Å². The van der Waals surface area contributed by atoms with Crippen LogP contribution in [0.2, 0.25) is 0 Å². The summed E-state index contributed by atoms with van der Waals surface area (Å²) >= 11 is 0. The van der Waals surface area contributed by atoms with Crippen molar-refractivity contribution in [1.29, 1.82) is 0 Å². The quantitative estimate of drug-likeness (QED) is 0.307. The molecule has 1 atom stereocenters. The Morgan fingerprint density at radius 2 is 1.45 bits per heavy atom. The van der Waals surface area contributed by atoms with Crippen molar-refractivity contribution in [1.82, 2.24) is 4.90 Å². The zero-order valence-corrected chi connectivity index (χ0v) is 22.6. The smallest absolute Gasteiger partial charge is 0.416 e. The van der Waals surface area contributed by atoms with E-state index < -0.39 is 65.2 Å². The fourth-order valence-electron chi connectivity index (χ4n) is 4.94. The Kier molecular flexibility index (Phi) is 9.32. The van der Waals surface area contributed by atoms with Crippen LogP contribution in [0.3, 0.4) is 0 Å². The number of nitrogens with zero attached hydrogens (tertiary/aromatic N) is 2. The molecule has 1 heterocycles. The van der Waals surface area contributed by atoms with Crippen molar-refractivity contribution in [2.45, 2.75) is 70.3 Å². The van der Waals surface area contributed by atoms with Crippen LogP contribution in [-0.2, 0) is 41.0 Å². The molecular weight excluding hydrogens is 587 g/mol. The Balaban J connectivity index is 2.24. The Hall–Kier alpha value is -3.65. The van der Waals surface area contributed by atoms with Gasteiger partial charge in [-0.15, -0.1) is 0 Å². The van der Waals surface area contributed by atoms with Gasteiger partial charge in [-0.3, -0.25) is 9.80 Å². The summed E-state index contributed by atoms with van der Waals surface area (Å²) in [6, 6.07) is 3.39. The fourth-order valence-corrected chi connectivity index (χ4v) is 4.94. The van der Waals surface area contributed by atoms with E-state index in [4.69, 9.17) is 9.47 Å². The normalized spacial score (nSPS) is 17.5. The first-order valence-electron chi connectivity index (χ1n) is 12.7. The molecule has 0 fully saturated rings. The van der Waals surface area contributed by atoms with E-state index in [9.17, 15) is 49.1 Å². The van der Waals surface area contributed by atoms with Crippen molar-refractivity contribution < 1.29 is 58.6 Å². The second-order valence-corrected chi connectivity index (χ2v) is 9.60. The Morgan fingerprint density at radius 1 is 0.881 bits per heavy atom. The van der Waals surface area contributed by atoms with Crippen molar-refractivity contribution in [3.05, 3.63) is 64.2 Å². The molecule has 1 aliphatic heterocycles. The van der Waals surface area contributed by atoms with E-state index in [1.165, 1.54) is 6.92 Å². The van der Waals surface area contributed by atoms with Gasteiger partial charge in [0.05, 0.1) is 42.6 Å². The Bertz CT molecular complexity index is 1280. The van der Waals surface area contributed by atoms with Crippen LogP contribution >= 0.6 is 0 Å². The third-order valence-corrected chi connectivity index (χ3v) is 6.92. The summed E-state index contributed by atoms with van der Waals surface area (Å²) in [7, 11) is 0.929. The maximum Gasteiger partial charge on any atom is 0.416 e. The highest BCUT2D eigenvalue weighted by molar-refractivity contribution is 5.92. The maximum absolute atomic E-state index is 13.5. The number of benzene rings is 2. The van der Waals surface area contributed by atoms with Gasteiger partial charge >= 0.3 is 30.7 Å². The van der Waals surface area contributed by atoms with Crippen molar-refractivity contribution in [3.8, 4) is 0 Å². The molecule has 232 valence electrons. The molecular formula is C27H27F9N2O4. The number of rotatable bonds is 6. The summed E-state index contributed by atoms with van der Waals surface area (Å²) in [4.78, 5) is 28.3. The number of carbonyl (C=O) groups is 2. The summed E-state index contributed by atoms with van der Waals surface area (Å²) in [5, 5.41) is 0. The van der Waals surface area contributed by atoms with Gasteiger partial charge in [0.1, 0.15) is 5.66 Å². The molecule has 42 heavy (non-hydrogen) atoms. The number of fused-ring (bicyclic) bond motifs is 1. The second kappa shape index (κ2) is 11.9. The zero-order valence-electron chi connectivity index (χ0n) is 22.6. The third-order valence-electron chi connectivity index (χ3n) is 6.92. The highest BCUT2D eigenvalue weighted by atomic mass is 19.4. The van der Waals surface area contributed by atoms with Crippen molar-refractivity contribution in [2.75, 3.05) is 18.6 Å². The maximum atomic E-state index is 13.5. The van der Waals surface area contributed by atoms with E-state index >= 15 is 0 Å². The average molecular weight is 615 g/mol. The molecule has 0 saturated heterocycles. The summed E-state index contributed by atoms with van der Waals surface area (Å²) in [5.74, 6) is 0. The summed E-state index contributed by atoms with van der Waals surface area (Å²) in [6.45, 7) is 2.18. The molecule has 2 aromatic carbocycles. The standard InChI is InChI=1S/C27H27F9N2O4/c1-4-10-42-23(40)38-21-7-6-18(25(28,29)30)13-17(21)8-9-24(38,5-2)37(22(39)41-3)15-16-11-19(26(31,32)33)14-20(12-16)27(34,35)36/h6-7,11-14H,4-5,8-10,15H2,1-3H3. The third kappa shape index (κ3) is 6.70. The highest BCUT2D eigenvalue weighted by Gasteiger charge is 2.51. The lowest BCUT2D eigenvalue weighted by Crippen LogP contribution is -2.65. The van der Waals surface area contributed by atoms with Crippen LogP contribution in [-0.4, -0.2) is 36.5 Å². The summed E-state index contributed by atoms with van der Waals surface area (Å²) < 4.78 is 132. The number of anilines is 1. The van der Waals surface area contributed by atoms with E-state index in [1.54, 1.807) is 6.92 Å². The number of alkyl halides is 9. The lowest BCUT2D eigenvalue weighted by molar-refractivity contribution is -0.143. The van der Waals surface area contributed by atoms with Gasteiger partial charge in [-0.05, 0) is 73.2 Å². The van der Waals surface area contributed by atoms with E-state index in [-0.39, 0.29) is 43.2 Å². The predicted octanol–water partition coefficient (Wildman–Crippen LogP) is 8.42. The van der Waals surface area contributed by atoms with Gasteiger partial charge in [0, 0.05) is 0 Å². The molecule has 0 aromatic heterocycles. The van der Waals surface area contributed by atoms with Gasteiger partial charge in [0.2, 0.25) is 0 Å². The monoisotopic (exact) mass is 614 g/mol. The second-order valence-electron chi connectivity index (χ2n) is 9.60. The Labute approximate surface area is 235 Å². The van der Waals surface area contributed by atoms with Crippen LogP contribution in [0.4, 0.5) is 54.8 Å². The lowest BCUT2D eigenvalue weighted by atomic mass is 9.86. The number of aryl methyl sites for hydroxylation is 1. The van der Waals surface area contributed by atoms with E-state index in [0.717, 1.165) is 35.1 Å². The zero-order chi connectivity index (χ0) is 31.7. The van der Waals surface area contributed by atoms with Crippen LogP contribution < -0.4 is 4.90 Å². The van der Waals surface area contributed by atoms with Crippen LogP contribution in [0.25, 0.3) is 0 Å². The topological polar surface area (TPSA) is 59.1 Å². The van der Waals surface area contributed by atoms with Gasteiger partial charge in [-0.2, -0.15) is 39.5 Å². The number of ether oxygens (including phenoxy) is 2. The molecule has 0 spiro atoms. The minimum Gasteiger partial charge on any atom is -0.453 e. The van der Waals surface area contributed by atoms with E-state index in [0.29, 0.717) is 18.6 Å². The SMILES string of the molecule is CCCOC(=O)N1c2ccc(C(F)(F)F)cc2CCC1(CC)N(Cc1cc(C(F)(F)F)cc(C(F)(F)F)c1)C(=O)OC. The molecule has 2 aromatic rings. The number of hydrogen-bond acceptors (Lipinski definition) is 4. The van der Waals surface area contributed by atoms with E-state index in [1.807, 2.05) is 0 Å². The first-order chi connectivity index (χ1) is 19.4. The lowest BCUT2D eigenvalue weighted by Gasteiger charge is -2.52. The molecule has 0 radical (unpaired) electrons. The van der Waals surface area contributed by atoms with E-state index in [2.05, 4.69) is 0 Å². The molecule has 0 N–H and O–H groups in total. The number of amides is 2. The van der Waals surface area contributed by atoms with Gasteiger partial charge in [-0.25, -0.2) is 9.59 Å². The van der Waals surface area contributed by atoms with Crippen molar-refractivity contribution in [2.24, 2.45) is 0 Å². The number of hydrogen-bond donors (Lipinski definition) is 0. The largest absolute Gasteiger partial charge is 0.453 e. The molecule has 6 nitrogen and oxygen atoms in total. The van der Waals surface area contributed by atoms with Crippen LogP contribution in [0, 0.1) is 0 Å². The average Bonchev–Trinajstić information content (AvgIpc) is 2.91. The van der Waals surface area contributed by atoms with Gasteiger partial charge in [0.15, 0.2) is 0 Å². The van der Waals surface area contributed by atoms with Crippen molar-refractivity contribution >= 4 is 17.9 Å². The Morgan fingerprint density at radius 3 is 1.93 bits per heavy atom. The number of methoxy groups -OCH3 is 1. The highest BCUT2D eigenvalue weighted by Crippen LogP contribution is 2.45. The molecule has 1 unspecified atom stereocenters. The first-order valence-corrected chi connectivity index (χ1v) is 12.7.